The Labute approximate surface area is 108 Å². The smallest absolute Gasteiger partial charge is 0.407 e. The molecule has 102 valence electrons. The van der Waals surface area contributed by atoms with E-state index < -0.39 is 30.4 Å². The average molecular weight is 267 g/mol. The largest absolute Gasteiger partial charge is 0.426 e. The molecule has 0 saturated carbocycles. The van der Waals surface area contributed by atoms with E-state index in [1.165, 1.54) is 6.92 Å². The monoisotopic (exact) mass is 267 g/mol. The fraction of sp³-hybridized carbons (Fsp3) is 0.385. The minimum Gasteiger partial charge on any atom is -0.407 e. The quantitative estimate of drug-likeness (QED) is 0.913. The van der Waals surface area contributed by atoms with E-state index in [4.69, 9.17) is 4.42 Å². The summed E-state index contributed by atoms with van der Waals surface area (Å²) >= 11 is 0. The number of carbonyl (C=O) groups is 1. The fourth-order valence-corrected chi connectivity index (χ4v) is 1.90. The second-order valence-electron chi connectivity index (χ2n) is 4.34. The number of hydrogen-bond acceptors (Lipinski definition) is 4. The van der Waals surface area contributed by atoms with Crippen molar-refractivity contribution in [2.24, 2.45) is 5.92 Å². The lowest BCUT2D eigenvalue weighted by Gasteiger charge is -2.16. The number of benzene rings is 1. The molecule has 1 heterocycles. The molecule has 0 radical (unpaired) electrons. The summed E-state index contributed by atoms with van der Waals surface area (Å²) in [4.78, 5) is 23.9. The fourth-order valence-electron chi connectivity index (χ4n) is 1.90. The van der Waals surface area contributed by atoms with Gasteiger partial charge in [-0.15, -0.1) is 0 Å². The molecule has 0 aliphatic heterocycles. The van der Waals surface area contributed by atoms with Gasteiger partial charge in [-0.3, -0.25) is 9.18 Å². The first-order valence-corrected chi connectivity index (χ1v) is 5.95. The molecule has 0 bridgehead atoms. The van der Waals surface area contributed by atoms with Crippen LogP contribution in [0.5, 0.6) is 0 Å². The van der Waals surface area contributed by atoms with Crippen molar-refractivity contribution in [1.29, 1.82) is 0 Å². The summed E-state index contributed by atoms with van der Waals surface area (Å²) in [6, 6.07) is 6.50. The summed E-state index contributed by atoms with van der Waals surface area (Å²) in [5, 5.41) is 9.64. The number of aliphatic hydroxyl groups is 1. The van der Waals surface area contributed by atoms with Crippen LogP contribution in [0, 0.1) is 5.92 Å². The third-order valence-electron chi connectivity index (χ3n) is 3.08. The molecule has 6 heteroatoms. The minimum absolute atomic E-state index is 0.141. The van der Waals surface area contributed by atoms with E-state index in [2.05, 4.69) is 0 Å². The number of rotatable bonds is 4. The van der Waals surface area contributed by atoms with Gasteiger partial charge in [0.05, 0.1) is 24.2 Å². The molecular weight excluding hydrogens is 253 g/mol. The molecule has 0 aliphatic carbocycles. The Kier molecular flexibility index (Phi) is 3.80. The number of nitrogens with zero attached hydrogens (tertiary/aromatic N) is 1. The Balaban J connectivity index is 2.41. The third-order valence-corrected chi connectivity index (χ3v) is 3.08. The van der Waals surface area contributed by atoms with Gasteiger partial charge in [-0.25, -0.2) is 9.36 Å². The molecule has 1 aromatic heterocycles. The van der Waals surface area contributed by atoms with Crippen LogP contribution < -0.4 is 5.76 Å². The summed E-state index contributed by atoms with van der Waals surface area (Å²) in [5.41, 5.74) is 0.643. The highest BCUT2D eigenvalue weighted by molar-refractivity contribution is 5.90. The van der Waals surface area contributed by atoms with Crippen molar-refractivity contribution in [3.63, 3.8) is 0 Å². The molecule has 1 N–H and O–H groups in total. The number of carbonyl (C=O) groups excluding carboxylic acids is 1. The Bertz CT molecular complexity index is 645. The van der Waals surface area contributed by atoms with Crippen molar-refractivity contribution in [1.82, 2.24) is 4.57 Å². The maximum Gasteiger partial charge on any atom is 0.426 e. The summed E-state index contributed by atoms with van der Waals surface area (Å²) in [5.74, 6) is -2.28. The molecule has 2 aromatic rings. The summed E-state index contributed by atoms with van der Waals surface area (Å²) < 4.78 is 18.0. The van der Waals surface area contributed by atoms with Gasteiger partial charge < -0.3 is 9.52 Å². The molecule has 0 saturated heterocycles. The van der Waals surface area contributed by atoms with Crippen LogP contribution in [0.4, 0.5) is 4.39 Å². The zero-order valence-electron chi connectivity index (χ0n) is 10.4. The van der Waals surface area contributed by atoms with Crippen molar-refractivity contribution < 1.29 is 18.7 Å². The molecule has 2 atom stereocenters. The number of oxazole rings is 1. The summed E-state index contributed by atoms with van der Waals surface area (Å²) in [6.45, 7) is 0.733. The number of hydrogen-bond donors (Lipinski definition) is 1. The van der Waals surface area contributed by atoms with Gasteiger partial charge in [0.1, 0.15) is 0 Å². The SMILES string of the molecule is C[C@@H](C(=O)n1c(=O)oc2ccccc21)[C@@H](O)CCF. The summed E-state index contributed by atoms with van der Waals surface area (Å²) in [6.07, 6.45) is -1.27. The van der Waals surface area contributed by atoms with E-state index in [1.54, 1.807) is 24.3 Å². The van der Waals surface area contributed by atoms with Gasteiger partial charge >= 0.3 is 5.76 Å². The second kappa shape index (κ2) is 5.36. The second-order valence-corrected chi connectivity index (χ2v) is 4.34. The highest BCUT2D eigenvalue weighted by atomic mass is 19.1. The van der Waals surface area contributed by atoms with E-state index in [0.717, 1.165) is 4.57 Å². The number of aromatic nitrogens is 1. The number of alkyl halides is 1. The Morgan fingerprint density at radius 2 is 2.16 bits per heavy atom. The maximum atomic E-state index is 12.2. The molecular formula is C13H14FNO4. The molecule has 5 nitrogen and oxygen atoms in total. The Morgan fingerprint density at radius 3 is 2.84 bits per heavy atom. The van der Waals surface area contributed by atoms with Gasteiger partial charge in [-0.05, 0) is 12.1 Å². The van der Waals surface area contributed by atoms with Gasteiger partial charge in [0, 0.05) is 6.42 Å². The standard InChI is InChI=1S/C13H14FNO4/c1-8(10(16)6-7-14)12(17)15-9-4-2-3-5-11(9)19-13(15)18/h2-5,8,10,16H,6-7H2,1H3/t8-,10+/m1/s1. The van der Waals surface area contributed by atoms with Crippen LogP contribution >= 0.6 is 0 Å². The van der Waals surface area contributed by atoms with Crippen molar-refractivity contribution in [2.75, 3.05) is 6.67 Å². The van der Waals surface area contributed by atoms with Crippen molar-refractivity contribution >= 4 is 17.0 Å². The van der Waals surface area contributed by atoms with Crippen LogP contribution in [-0.4, -0.2) is 28.4 Å². The Morgan fingerprint density at radius 1 is 1.47 bits per heavy atom. The van der Waals surface area contributed by atoms with Crippen LogP contribution in [0.15, 0.2) is 33.5 Å². The molecule has 0 amide bonds. The van der Waals surface area contributed by atoms with Crippen molar-refractivity contribution in [3.8, 4) is 0 Å². The highest BCUT2D eigenvalue weighted by Crippen LogP contribution is 2.16. The number of fused-ring (bicyclic) bond motifs is 1. The van der Waals surface area contributed by atoms with Gasteiger partial charge in [-0.2, -0.15) is 0 Å². The number of para-hydroxylation sites is 2. The van der Waals surface area contributed by atoms with Crippen LogP contribution in [0.2, 0.25) is 0 Å². The molecule has 0 aliphatic rings. The molecule has 19 heavy (non-hydrogen) atoms. The van der Waals surface area contributed by atoms with Crippen LogP contribution in [0.1, 0.15) is 18.1 Å². The number of aliphatic hydroxyl groups excluding tert-OH is 1. The van der Waals surface area contributed by atoms with E-state index in [-0.39, 0.29) is 6.42 Å². The topological polar surface area (TPSA) is 72.4 Å². The van der Waals surface area contributed by atoms with Crippen molar-refractivity contribution in [3.05, 3.63) is 34.8 Å². The number of halogens is 1. The molecule has 1 aromatic carbocycles. The normalized spacial score (nSPS) is 14.5. The zero-order chi connectivity index (χ0) is 14.0. The predicted molar refractivity (Wildman–Crippen MR) is 66.9 cm³/mol. The molecule has 0 unspecified atom stereocenters. The minimum atomic E-state index is -1.13. The predicted octanol–water partition coefficient (Wildman–Crippen LogP) is 1.59. The lowest BCUT2D eigenvalue weighted by molar-refractivity contribution is 0.0588. The lowest BCUT2D eigenvalue weighted by Crippen LogP contribution is -2.34. The van der Waals surface area contributed by atoms with Crippen LogP contribution in [0.3, 0.4) is 0 Å². The van der Waals surface area contributed by atoms with Gasteiger partial charge in [0.25, 0.3) is 0 Å². The van der Waals surface area contributed by atoms with E-state index >= 15 is 0 Å². The third kappa shape index (κ3) is 2.44. The van der Waals surface area contributed by atoms with Crippen molar-refractivity contribution in [2.45, 2.75) is 19.4 Å². The highest BCUT2D eigenvalue weighted by Gasteiger charge is 2.26. The van der Waals surface area contributed by atoms with E-state index in [0.29, 0.717) is 11.1 Å². The van der Waals surface area contributed by atoms with E-state index in [1.807, 2.05) is 0 Å². The van der Waals surface area contributed by atoms with Gasteiger partial charge in [0.15, 0.2) is 5.58 Å². The molecule has 0 fully saturated rings. The van der Waals surface area contributed by atoms with E-state index in [9.17, 15) is 19.1 Å². The van der Waals surface area contributed by atoms with Gasteiger partial charge in [0.2, 0.25) is 5.91 Å². The molecule has 2 rings (SSSR count). The van der Waals surface area contributed by atoms with Crippen LogP contribution in [-0.2, 0) is 0 Å². The Hall–Kier alpha value is -1.95. The first kappa shape index (κ1) is 13.5. The van der Waals surface area contributed by atoms with Gasteiger partial charge in [-0.1, -0.05) is 19.1 Å². The van der Waals surface area contributed by atoms with Crippen LogP contribution in [0.25, 0.3) is 11.1 Å². The maximum absolute atomic E-state index is 12.2. The first-order valence-electron chi connectivity index (χ1n) is 5.95. The average Bonchev–Trinajstić information content (AvgIpc) is 2.73. The lowest BCUT2D eigenvalue weighted by atomic mass is 10.0. The zero-order valence-corrected chi connectivity index (χ0v) is 10.4. The first-order chi connectivity index (χ1) is 9.06. The summed E-state index contributed by atoms with van der Waals surface area (Å²) in [7, 11) is 0. The molecule has 0 spiro atoms.